The SMILES string of the molecule is CC(Cc1ccc(F)cc1)n1c(=S)[nH]c2cccc(Cl)c21. The van der Waals surface area contributed by atoms with E-state index in [4.69, 9.17) is 23.8 Å². The second-order valence-corrected chi connectivity index (χ2v) is 5.91. The molecular formula is C16H14ClFN2S. The van der Waals surface area contributed by atoms with Gasteiger partial charge in [-0.2, -0.15) is 0 Å². The summed E-state index contributed by atoms with van der Waals surface area (Å²) in [6.07, 6.45) is 0.757. The molecule has 2 aromatic carbocycles. The van der Waals surface area contributed by atoms with Crippen molar-refractivity contribution in [2.75, 3.05) is 0 Å². The number of rotatable bonds is 3. The number of hydrogen-bond donors (Lipinski definition) is 1. The van der Waals surface area contributed by atoms with Gasteiger partial charge in [-0.25, -0.2) is 4.39 Å². The third-order valence-corrected chi connectivity index (χ3v) is 4.18. The Balaban J connectivity index is 2.01. The van der Waals surface area contributed by atoms with Gasteiger partial charge < -0.3 is 9.55 Å². The summed E-state index contributed by atoms with van der Waals surface area (Å²) in [5, 5.41) is 0.672. The summed E-state index contributed by atoms with van der Waals surface area (Å²) in [6, 6.07) is 12.4. The van der Waals surface area contributed by atoms with Gasteiger partial charge in [-0.1, -0.05) is 29.8 Å². The van der Waals surface area contributed by atoms with E-state index in [1.165, 1.54) is 12.1 Å². The molecule has 108 valence electrons. The van der Waals surface area contributed by atoms with Crippen LogP contribution in [0.2, 0.25) is 5.02 Å². The van der Waals surface area contributed by atoms with Gasteiger partial charge in [-0.15, -0.1) is 0 Å². The molecule has 0 bridgehead atoms. The van der Waals surface area contributed by atoms with Crippen LogP contribution in [0.3, 0.4) is 0 Å². The minimum absolute atomic E-state index is 0.122. The van der Waals surface area contributed by atoms with Gasteiger partial charge in [-0.05, 0) is 55.4 Å². The van der Waals surface area contributed by atoms with E-state index >= 15 is 0 Å². The second kappa shape index (κ2) is 5.62. The number of nitrogens with zero attached hydrogens (tertiary/aromatic N) is 1. The Morgan fingerprint density at radius 1 is 1.24 bits per heavy atom. The number of benzene rings is 2. The predicted molar refractivity (Wildman–Crippen MR) is 86.9 cm³/mol. The van der Waals surface area contributed by atoms with Crippen molar-refractivity contribution in [3.63, 3.8) is 0 Å². The van der Waals surface area contributed by atoms with E-state index in [9.17, 15) is 4.39 Å². The molecule has 0 radical (unpaired) electrons. The molecule has 1 atom stereocenters. The molecule has 0 spiro atoms. The lowest BCUT2D eigenvalue weighted by molar-refractivity contribution is 0.551. The number of nitrogens with one attached hydrogen (secondary N) is 1. The zero-order chi connectivity index (χ0) is 15.0. The number of imidazole rings is 1. The van der Waals surface area contributed by atoms with Crippen molar-refractivity contribution < 1.29 is 4.39 Å². The Bertz CT molecular complexity index is 836. The fourth-order valence-electron chi connectivity index (χ4n) is 2.61. The van der Waals surface area contributed by atoms with Crippen LogP contribution in [-0.4, -0.2) is 9.55 Å². The maximum Gasteiger partial charge on any atom is 0.178 e. The van der Waals surface area contributed by atoms with Gasteiger partial charge in [0.25, 0.3) is 0 Å². The van der Waals surface area contributed by atoms with E-state index in [-0.39, 0.29) is 11.9 Å². The molecule has 3 rings (SSSR count). The van der Waals surface area contributed by atoms with Gasteiger partial charge in [0.1, 0.15) is 5.82 Å². The van der Waals surface area contributed by atoms with Crippen LogP contribution in [0.4, 0.5) is 4.39 Å². The largest absolute Gasteiger partial charge is 0.331 e. The quantitative estimate of drug-likeness (QED) is 0.650. The molecular weight excluding hydrogens is 307 g/mol. The summed E-state index contributed by atoms with van der Waals surface area (Å²) in [7, 11) is 0. The Morgan fingerprint density at radius 2 is 1.95 bits per heavy atom. The van der Waals surface area contributed by atoms with Gasteiger partial charge in [0.2, 0.25) is 0 Å². The average molecular weight is 321 g/mol. The van der Waals surface area contributed by atoms with E-state index in [0.29, 0.717) is 9.79 Å². The normalized spacial score (nSPS) is 12.7. The molecule has 3 aromatic rings. The first-order valence-electron chi connectivity index (χ1n) is 6.69. The van der Waals surface area contributed by atoms with E-state index < -0.39 is 0 Å². The van der Waals surface area contributed by atoms with Crippen molar-refractivity contribution in [2.24, 2.45) is 0 Å². The van der Waals surface area contributed by atoms with Crippen molar-refractivity contribution in [1.82, 2.24) is 9.55 Å². The molecule has 1 aromatic heterocycles. The van der Waals surface area contributed by atoms with Crippen LogP contribution in [-0.2, 0) is 6.42 Å². The van der Waals surface area contributed by atoms with E-state index in [0.717, 1.165) is 23.0 Å². The molecule has 1 unspecified atom stereocenters. The van der Waals surface area contributed by atoms with E-state index in [1.807, 2.05) is 22.8 Å². The summed E-state index contributed by atoms with van der Waals surface area (Å²) in [4.78, 5) is 3.18. The van der Waals surface area contributed by atoms with Crippen LogP contribution in [0.25, 0.3) is 11.0 Å². The smallest absolute Gasteiger partial charge is 0.178 e. The second-order valence-electron chi connectivity index (χ2n) is 5.12. The van der Waals surface area contributed by atoms with Crippen LogP contribution < -0.4 is 0 Å². The summed E-state index contributed by atoms with van der Waals surface area (Å²) >= 11 is 11.7. The summed E-state index contributed by atoms with van der Waals surface area (Å²) in [5.74, 6) is -0.224. The van der Waals surface area contributed by atoms with E-state index in [2.05, 4.69) is 11.9 Å². The molecule has 0 saturated heterocycles. The molecule has 0 aliphatic heterocycles. The number of para-hydroxylation sites is 1. The minimum atomic E-state index is -0.224. The zero-order valence-corrected chi connectivity index (χ0v) is 13.0. The highest BCUT2D eigenvalue weighted by Crippen LogP contribution is 2.27. The molecule has 0 fully saturated rings. The Morgan fingerprint density at radius 3 is 2.67 bits per heavy atom. The van der Waals surface area contributed by atoms with Crippen LogP contribution in [0.1, 0.15) is 18.5 Å². The number of aromatic nitrogens is 2. The molecule has 0 aliphatic carbocycles. The molecule has 1 heterocycles. The van der Waals surface area contributed by atoms with Crippen molar-refractivity contribution in [2.45, 2.75) is 19.4 Å². The minimum Gasteiger partial charge on any atom is -0.331 e. The first kappa shape index (κ1) is 14.3. The lowest BCUT2D eigenvalue weighted by atomic mass is 10.1. The highest BCUT2D eigenvalue weighted by atomic mass is 35.5. The van der Waals surface area contributed by atoms with E-state index in [1.54, 1.807) is 12.1 Å². The fourth-order valence-corrected chi connectivity index (χ4v) is 3.26. The van der Waals surface area contributed by atoms with Gasteiger partial charge in [-0.3, -0.25) is 0 Å². The molecule has 0 saturated carbocycles. The average Bonchev–Trinajstić information content (AvgIpc) is 2.79. The molecule has 2 nitrogen and oxygen atoms in total. The first-order chi connectivity index (χ1) is 10.1. The van der Waals surface area contributed by atoms with Crippen molar-refractivity contribution in [3.8, 4) is 0 Å². The third-order valence-electron chi connectivity index (χ3n) is 3.57. The van der Waals surface area contributed by atoms with Crippen molar-refractivity contribution in [1.29, 1.82) is 0 Å². The van der Waals surface area contributed by atoms with Crippen LogP contribution in [0, 0.1) is 10.6 Å². The highest BCUT2D eigenvalue weighted by Gasteiger charge is 2.14. The third kappa shape index (κ3) is 2.74. The maximum absolute atomic E-state index is 13.0. The molecule has 5 heteroatoms. The maximum atomic E-state index is 13.0. The first-order valence-corrected chi connectivity index (χ1v) is 7.48. The zero-order valence-electron chi connectivity index (χ0n) is 11.4. The monoisotopic (exact) mass is 320 g/mol. The number of hydrogen-bond acceptors (Lipinski definition) is 1. The summed E-state index contributed by atoms with van der Waals surface area (Å²) in [6.45, 7) is 2.08. The van der Waals surface area contributed by atoms with Gasteiger partial charge in [0, 0.05) is 6.04 Å². The number of H-pyrrole nitrogens is 1. The number of halogens is 2. The van der Waals surface area contributed by atoms with Crippen molar-refractivity contribution in [3.05, 3.63) is 63.6 Å². The Hall–Kier alpha value is -1.65. The van der Waals surface area contributed by atoms with Crippen LogP contribution >= 0.6 is 23.8 Å². The topological polar surface area (TPSA) is 20.7 Å². The van der Waals surface area contributed by atoms with Crippen LogP contribution in [0.5, 0.6) is 0 Å². The molecule has 1 N–H and O–H groups in total. The van der Waals surface area contributed by atoms with Gasteiger partial charge in [0.05, 0.1) is 16.1 Å². The van der Waals surface area contributed by atoms with Crippen LogP contribution in [0.15, 0.2) is 42.5 Å². The summed E-state index contributed by atoms with van der Waals surface area (Å²) < 4.78 is 15.6. The lowest BCUT2D eigenvalue weighted by Crippen LogP contribution is -2.08. The van der Waals surface area contributed by atoms with Gasteiger partial charge in [0.15, 0.2) is 4.77 Å². The Kier molecular flexibility index (Phi) is 3.83. The standard InChI is InChI=1S/C16H14ClFN2S/c1-10(9-11-5-7-12(18)8-6-11)20-15-13(17)3-2-4-14(15)19-16(20)21/h2-8,10H,9H2,1H3,(H,19,21). The van der Waals surface area contributed by atoms with Gasteiger partial charge >= 0.3 is 0 Å². The summed E-state index contributed by atoms with van der Waals surface area (Å²) in [5.41, 5.74) is 2.91. The Labute approximate surface area is 132 Å². The molecule has 0 aliphatic rings. The number of fused-ring (bicyclic) bond motifs is 1. The van der Waals surface area contributed by atoms with Crippen molar-refractivity contribution >= 4 is 34.9 Å². The highest BCUT2D eigenvalue weighted by molar-refractivity contribution is 7.71. The lowest BCUT2D eigenvalue weighted by Gasteiger charge is -2.15. The fraction of sp³-hybridized carbons (Fsp3) is 0.188. The number of aromatic amines is 1. The molecule has 21 heavy (non-hydrogen) atoms. The molecule has 0 amide bonds. The predicted octanol–water partition coefficient (Wildman–Crippen LogP) is 5.30.